The van der Waals surface area contributed by atoms with Crippen molar-refractivity contribution in [3.05, 3.63) is 82.0 Å². The average molecular weight is 434 g/mol. The van der Waals surface area contributed by atoms with Crippen molar-refractivity contribution < 1.29 is 13.2 Å². The van der Waals surface area contributed by atoms with Gasteiger partial charge in [-0.25, -0.2) is 13.8 Å². The predicted octanol–water partition coefficient (Wildman–Crippen LogP) is 3.75. The number of halogens is 1. The minimum Gasteiger partial charge on any atom is -0.271 e. The molecule has 0 aliphatic heterocycles. The van der Waals surface area contributed by atoms with E-state index in [9.17, 15) is 13.2 Å². The number of rotatable bonds is 7. The maximum Gasteiger partial charge on any atom is 0.264 e. The summed E-state index contributed by atoms with van der Waals surface area (Å²) in [4.78, 5) is 13.3. The number of nitrogens with zero attached hydrogens (tertiary/aromatic N) is 2. The minimum atomic E-state index is -3.95. The summed E-state index contributed by atoms with van der Waals surface area (Å²) in [6, 6.07) is 17.9. The molecule has 28 heavy (non-hydrogen) atoms. The molecular formula is C19H16ClN3O3S2. The van der Waals surface area contributed by atoms with Gasteiger partial charge in [-0.1, -0.05) is 35.9 Å². The molecule has 1 N–H and O–H groups in total. The van der Waals surface area contributed by atoms with Crippen molar-refractivity contribution >= 4 is 50.8 Å². The number of nitrogens with one attached hydrogen (secondary N) is 1. The summed E-state index contributed by atoms with van der Waals surface area (Å²) in [5.41, 5.74) is 2.69. The van der Waals surface area contributed by atoms with Crippen LogP contribution < -0.4 is 9.73 Å². The highest BCUT2D eigenvalue weighted by atomic mass is 35.5. The van der Waals surface area contributed by atoms with E-state index in [1.807, 2.05) is 17.5 Å². The van der Waals surface area contributed by atoms with Crippen molar-refractivity contribution in [2.24, 2.45) is 5.10 Å². The molecule has 9 heteroatoms. The topological polar surface area (TPSA) is 78.8 Å². The molecule has 0 aliphatic carbocycles. The molecule has 3 aromatic rings. The molecule has 0 fully saturated rings. The second kappa shape index (κ2) is 9.01. The Kier molecular flexibility index (Phi) is 6.45. The molecule has 0 spiro atoms. The molecule has 0 bridgehead atoms. The number of carbonyl (C=O) groups excluding carboxylic acids is 1. The van der Waals surface area contributed by atoms with E-state index in [1.54, 1.807) is 42.5 Å². The SMILES string of the molecule is O=C(CN(c1ccc(Cl)cc1)S(=O)(=O)c1ccccc1)N/N=C/c1cccs1. The highest BCUT2D eigenvalue weighted by Gasteiger charge is 2.27. The Bertz CT molecular complexity index is 1050. The lowest BCUT2D eigenvalue weighted by molar-refractivity contribution is -0.119. The molecule has 0 aliphatic rings. The van der Waals surface area contributed by atoms with Crippen molar-refractivity contribution in [2.45, 2.75) is 4.90 Å². The van der Waals surface area contributed by atoms with E-state index in [2.05, 4.69) is 10.5 Å². The molecule has 0 saturated carbocycles. The number of carbonyl (C=O) groups is 1. The molecule has 0 atom stereocenters. The van der Waals surface area contributed by atoms with E-state index in [0.717, 1.165) is 9.18 Å². The van der Waals surface area contributed by atoms with Crippen LogP contribution in [-0.2, 0) is 14.8 Å². The number of amides is 1. The first-order valence-corrected chi connectivity index (χ1v) is 10.9. The van der Waals surface area contributed by atoms with Gasteiger partial charge in [-0.2, -0.15) is 5.10 Å². The summed E-state index contributed by atoms with van der Waals surface area (Å²) in [5, 5.41) is 6.22. The van der Waals surface area contributed by atoms with Gasteiger partial charge in [-0.15, -0.1) is 11.3 Å². The van der Waals surface area contributed by atoms with Crippen LogP contribution in [0.5, 0.6) is 0 Å². The molecule has 1 aromatic heterocycles. The Balaban J connectivity index is 1.84. The zero-order valence-electron chi connectivity index (χ0n) is 14.5. The Labute approximate surface area is 172 Å². The first-order valence-electron chi connectivity index (χ1n) is 8.15. The molecule has 0 radical (unpaired) electrons. The van der Waals surface area contributed by atoms with E-state index in [1.165, 1.54) is 29.7 Å². The highest BCUT2D eigenvalue weighted by Crippen LogP contribution is 2.24. The van der Waals surface area contributed by atoms with Gasteiger partial charge in [0.2, 0.25) is 0 Å². The van der Waals surface area contributed by atoms with Crippen LogP contribution in [0.15, 0.2) is 82.1 Å². The maximum atomic E-state index is 13.1. The highest BCUT2D eigenvalue weighted by molar-refractivity contribution is 7.92. The third-order valence-electron chi connectivity index (χ3n) is 3.66. The van der Waals surface area contributed by atoms with Crippen molar-refractivity contribution in [3.8, 4) is 0 Å². The standard InChI is InChI=1S/C19H16ClN3O3S2/c20-15-8-10-16(11-9-15)23(28(25,26)18-6-2-1-3-7-18)14-19(24)22-21-13-17-5-4-12-27-17/h1-13H,14H2,(H,22,24)/b21-13+. The van der Waals surface area contributed by atoms with E-state index in [-0.39, 0.29) is 4.90 Å². The van der Waals surface area contributed by atoms with Gasteiger partial charge in [0, 0.05) is 9.90 Å². The Morgan fingerprint density at radius 2 is 1.79 bits per heavy atom. The molecule has 2 aromatic carbocycles. The van der Waals surface area contributed by atoms with Gasteiger partial charge in [0.05, 0.1) is 16.8 Å². The molecule has 0 saturated heterocycles. The van der Waals surface area contributed by atoms with Crippen molar-refractivity contribution in [3.63, 3.8) is 0 Å². The van der Waals surface area contributed by atoms with Gasteiger partial charge in [0.25, 0.3) is 15.9 Å². The summed E-state index contributed by atoms with van der Waals surface area (Å²) in [7, 11) is -3.95. The van der Waals surface area contributed by atoms with E-state index in [0.29, 0.717) is 10.7 Å². The minimum absolute atomic E-state index is 0.0832. The number of thiophene rings is 1. The van der Waals surface area contributed by atoms with Crippen LogP contribution in [0.25, 0.3) is 0 Å². The summed E-state index contributed by atoms with van der Waals surface area (Å²) in [5.74, 6) is -0.567. The van der Waals surface area contributed by atoms with Gasteiger partial charge < -0.3 is 0 Å². The second-order valence-corrected chi connectivity index (χ2v) is 8.89. The van der Waals surface area contributed by atoms with Crippen molar-refractivity contribution in [1.29, 1.82) is 0 Å². The monoisotopic (exact) mass is 433 g/mol. The van der Waals surface area contributed by atoms with Gasteiger partial charge in [-0.3, -0.25) is 9.10 Å². The van der Waals surface area contributed by atoms with Gasteiger partial charge in [0.15, 0.2) is 0 Å². The third kappa shape index (κ3) is 4.98. The van der Waals surface area contributed by atoms with Gasteiger partial charge >= 0.3 is 0 Å². The molecular weight excluding hydrogens is 418 g/mol. The summed E-state index contributed by atoms with van der Waals surface area (Å²) < 4.78 is 27.2. The van der Waals surface area contributed by atoms with Crippen LogP contribution in [-0.4, -0.2) is 27.1 Å². The molecule has 0 unspecified atom stereocenters. The number of hydrogen-bond acceptors (Lipinski definition) is 5. The van der Waals surface area contributed by atoms with Gasteiger partial charge in [0.1, 0.15) is 6.54 Å². The fourth-order valence-electron chi connectivity index (χ4n) is 2.34. The largest absolute Gasteiger partial charge is 0.271 e. The van der Waals surface area contributed by atoms with Crippen LogP contribution in [0.3, 0.4) is 0 Å². The number of anilines is 1. The Morgan fingerprint density at radius 1 is 1.07 bits per heavy atom. The van der Waals surface area contributed by atoms with Gasteiger partial charge in [-0.05, 0) is 47.8 Å². The molecule has 1 heterocycles. The van der Waals surface area contributed by atoms with Crippen LogP contribution in [0, 0.1) is 0 Å². The number of hydrazone groups is 1. The normalized spacial score (nSPS) is 11.5. The first-order chi connectivity index (χ1) is 13.5. The molecule has 3 rings (SSSR count). The second-order valence-electron chi connectivity index (χ2n) is 5.61. The quantitative estimate of drug-likeness (QED) is 0.455. The van der Waals surface area contributed by atoms with E-state index in [4.69, 9.17) is 11.6 Å². The van der Waals surface area contributed by atoms with Crippen molar-refractivity contribution in [1.82, 2.24) is 5.43 Å². The third-order valence-corrected chi connectivity index (χ3v) is 6.50. The lowest BCUT2D eigenvalue weighted by atomic mass is 10.3. The average Bonchev–Trinajstić information content (AvgIpc) is 3.21. The van der Waals surface area contributed by atoms with Crippen LogP contribution >= 0.6 is 22.9 Å². The van der Waals surface area contributed by atoms with Crippen LogP contribution in [0.4, 0.5) is 5.69 Å². The predicted molar refractivity (Wildman–Crippen MR) is 112 cm³/mol. The lowest BCUT2D eigenvalue weighted by Gasteiger charge is -2.23. The number of benzene rings is 2. The molecule has 6 nitrogen and oxygen atoms in total. The fourth-order valence-corrected chi connectivity index (χ4v) is 4.49. The molecule has 144 valence electrons. The van der Waals surface area contributed by atoms with Crippen molar-refractivity contribution in [2.75, 3.05) is 10.8 Å². The molecule has 1 amide bonds. The van der Waals surface area contributed by atoms with Crippen LogP contribution in [0.1, 0.15) is 4.88 Å². The van der Waals surface area contributed by atoms with E-state index < -0.39 is 22.5 Å². The number of sulfonamides is 1. The summed E-state index contributed by atoms with van der Waals surface area (Å²) >= 11 is 7.37. The summed E-state index contributed by atoms with van der Waals surface area (Å²) in [6.45, 7) is -0.430. The lowest BCUT2D eigenvalue weighted by Crippen LogP contribution is -2.39. The smallest absolute Gasteiger partial charge is 0.264 e. The summed E-state index contributed by atoms with van der Waals surface area (Å²) in [6.07, 6.45) is 1.50. The Morgan fingerprint density at radius 3 is 2.43 bits per heavy atom. The Hall–Kier alpha value is -2.68. The van der Waals surface area contributed by atoms with Crippen LogP contribution in [0.2, 0.25) is 5.02 Å². The fraction of sp³-hybridized carbons (Fsp3) is 0.0526. The zero-order valence-corrected chi connectivity index (χ0v) is 16.9. The first kappa shape index (κ1) is 20.1. The number of hydrogen-bond donors (Lipinski definition) is 1. The maximum absolute atomic E-state index is 13.1. The zero-order chi connectivity index (χ0) is 20.0. The van der Waals surface area contributed by atoms with E-state index >= 15 is 0 Å².